The first-order valence-corrected chi connectivity index (χ1v) is 10.7. The number of ether oxygens (including phenoxy) is 1. The minimum atomic E-state index is -0.565. The summed E-state index contributed by atoms with van der Waals surface area (Å²) in [6.07, 6.45) is 3.00. The topological polar surface area (TPSA) is 59.5 Å². The number of rotatable bonds is 6. The predicted molar refractivity (Wildman–Crippen MR) is 118 cm³/mol. The van der Waals surface area contributed by atoms with Crippen molar-refractivity contribution in [2.45, 2.75) is 25.4 Å². The van der Waals surface area contributed by atoms with Gasteiger partial charge in [-0.25, -0.2) is 0 Å². The van der Waals surface area contributed by atoms with Crippen molar-refractivity contribution in [1.82, 2.24) is 9.88 Å². The Morgan fingerprint density at radius 2 is 1.68 bits per heavy atom. The molecular weight excluding hydrogens is 388 g/mol. The van der Waals surface area contributed by atoms with E-state index in [1.54, 1.807) is 11.1 Å². The molecule has 2 aromatic carbocycles. The fourth-order valence-corrected chi connectivity index (χ4v) is 3.95. The van der Waals surface area contributed by atoms with Gasteiger partial charge in [0.2, 0.25) is 5.91 Å². The molecule has 0 spiro atoms. The number of aromatic nitrogens is 1. The van der Waals surface area contributed by atoms with Crippen LogP contribution in [0.4, 0.5) is 0 Å². The van der Waals surface area contributed by atoms with E-state index in [1.807, 2.05) is 78.9 Å². The molecule has 0 unspecified atom stereocenters. The van der Waals surface area contributed by atoms with Crippen molar-refractivity contribution in [2.75, 3.05) is 13.1 Å². The lowest BCUT2D eigenvalue weighted by Crippen LogP contribution is -2.43. The molecule has 3 aromatic rings. The van der Waals surface area contributed by atoms with Crippen LogP contribution >= 0.6 is 0 Å². The number of likely N-dealkylation sites (tertiary alicyclic amines) is 1. The monoisotopic (exact) mass is 414 g/mol. The molecule has 0 N–H and O–H groups in total. The maximum atomic E-state index is 13.1. The average Bonchev–Trinajstić information content (AvgIpc) is 2.84. The van der Waals surface area contributed by atoms with Gasteiger partial charge in [0, 0.05) is 19.3 Å². The van der Waals surface area contributed by atoms with Gasteiger partial charge in [-0.15, -0.1) is 0 Å². The van der Waals surface area contributed by atoms with Gasteiger partial charge in [0.15, 0.2) is 6.10 Å². The van der Waals surface area contributed by atoms with Gasteiger partial charge < -0.3 is 9.64 Å². The Labute approximate surface area is 182 Å². The SMILES string of the molecule is O=C(O[C@H](c1ccccc1)c1ccccn1)[C@@H]1CCCN(C(=O)Cc2ccccc2)C1. The van der Waals surface area contributed by atoms with Crippen LogP contribution in [0.5, 0.6) is 0 Å². The molecule has 0 radical (unpaired) electrons. The molecule has 0 saturated carbocycles. The van der Waals surface area contributed by atoms with Crippen molar-refractivity contribution in [1.29, 1.82) is 0 Å². The molecular formula is C26H26N2O3. The Morgan fingerprint density at radius 1 is 0.968 bits per heavy atom. The number of carbonyl (C=O) groups is 2. The number of nitrogens with zero attached hydrogens (tertiary/aromatic N) is 2. The minimum absolute atomic E-state index is 0.0491. The van der Waals surface area contributed by atoms with Crippen molar-refractivity contribution in [3.05, 3.63) is 102 Å². The van der Waals surface area contributed by atoms with E-state index in [-0.39, 0.29) is 17.8 Å². The maximum absolute atomic E-state index is 13.1. The Balaban J connectivity index is 1.44. The van der Waals surface area contributed by atoms with E-state index in [0.717, 1.165) is 24.0 Å². The first-order chi connectivity index (χ1) is 15.2. The number of hydrogen-bond acceptors (Lipinski definition) is 4. The van der Waals surface area contributed by atoms with Crippen LogP contribution in [0.15, 0.2) is 85.1 Å². The first kappa shape index (κ1) is 20.8. The normalized spacial score (nSPS) is 17.0. The van der Waals surface area contributed by atoms with E-state index in [9.17, 15) is 9.59 Å². The van der Waals surface area contributed by atoms with Crippen LogP contribution in [0.1, 0.15) is 35.8 Å². The third-order valence-electron chi connectivity index (χ3n) is 5.60. The zero-order valence-electron chi connectivity index (χ0n) is 17.4. The summed E-state index contributed by atoms with van der Waals surface area (Å²) >= 11 is 0. The second kappa shape index (κ2) is 10.0. The summed E-state index contributed by atoms with van der Waals surface area (Å²) in [5, 5.41) is 0. The number of hydrogen-bond donors (Lipinski definition) is 0. The maximum Gasteiger partial charge on any atom is 0.311 e. The van der Waals surface area contributed by atoms with E-state index in [0.29, 0.717) is 25.2 Å². The summed E-state index contributed by atoms with van der Waals surface area (Å²) in [4.78, 5) is 32.1. The molecule has 1 aromatic heterocycles. The Kier molecular flexibility index (Phi) is 6.72. The van der Waals surface area contributed by atoms with Gasteiger partial charge >= 0.3 is 5.97 Å². The van der Waals surface area contributed by atoms with E-state index < -0.39 is 6.10 Å². The molecule has 5 nitrogen and oxygen atoms in total. The highest BCUT2D eigenvalue weighted by Crippen LogP contribution is 2.27. The molecule has 4 rings (SSSR count). The standard InChI is InChI=1S/C26H26N2O3/c29-24(18-20-10-3-1-4-11-20)28-17-9-14-22(19-28)26(30)31-25(21-12-5-2-6-13-21)23-15-7-8-16-27-23/h1-8,10-13,15-16,22,25H,9,14,17-19H2/t22-,25-/m1/s1. The Hall–Kier alpha value is -3.47. The largest absolute Gasteiger partial charge is 0.451 e. The zero-order valence-corrected chi connectivity index (χ0v) is 17.4. The quantitative estimate of drug-likeness (QED) is 0.568. The molecule has 1 fully saturated rings. The average molecular weight is 415 g/mol. The van der Waals surface area contributed by atoms with Crippen LogP contribution in [0.3, 0.4) is 0 Å². The lowest BCUT2D eigenvalue weighted by Gasteiger charge is -2.32. The van der Waals surface area contributed by atoms with Gasteiger partial charge in [-0.3, -0.25) is 14.6 Å². The van der Waals surface area contributed by atoms with Crippen LogP contribution in [0.25, 0.3) is 0 Å². The summed E-state index contributed by atoms with van der Waals surface area (Å²) in [7, 11) is 0. The van der Waals surface area contributed by atoms with Gasteiger partial charge in [-0.05, 0) is 36.1 Å². The molecule has 2 heterocycles. The van der Waals surface area contributed by atoms with Gasteiger partial charge in [0.1, 0.15) is 0 Å². The summed E-state index contributed by atoms with van der Waals surface area (Å²) in [6, 6.07) is 24.9. The molecule has 1 amide bonds. The molecule has 0 aliphatic carbocycles. The van der Waals surface area contributed by atoms with E-state index in [1.165, 1.54) is 0 Å². The number of pyridine rings is 1. The summed E-state index contributed by atoms with van der Waals surface area (Å²) < 4.78 is 5.97. The number of carbonyl (C=O) groups excluding carboxylic acids is 2. The predicted octanol–water partition coefficient (Wildman–Crippen LogP) is 4.20. The fourth-order valence-electron chi connectivity index (χ4n) is 3.95. The lowest BCUT2D eigenvalue weighted by molar-refractivity contribution is -0.155. The Bertz CT molecular complexity index is 953. The molecule has 31 heavy (non-hydrogen) atoms. The highest BCUT2D eigenvalue weighted by Gasteiger charge is 2.32. The number of piperidine rings is 1. The Morgan fingerprint density at radius 3 is 2.39 bits per heavy atom. The van der Waals surface area contributed by atoms with Crippen LogP contribution in [0, 0.1) is 5.92 Å². The molecule has 1 aliphatic rings. The van der Waals surface area contributed by atoms with Crippen LogP contribution in [-0.4, -0.2) is 34.8 Å². The van der Waals surface area contributed by atoms with Gasteiger partial charge in [-0.2, -0.15) is 0 Å². The molecule has 0 bridgehead atoms. The van der Waals surface area contributed by atoms with Crippen molar-refractivity contribution in [2.24, 2.45) is 5.92 Å². The van der Waals surface area contributed by atoms with Crippen molar-refractivity contribution < 1.29 is 14.3 Å². The number of esters is 1. The number of amides is 1. The van der Waals surface area contributed by atoms with E-state index >= 15 is 0 Å². The molecule has 1 saturated heterocycles. The van der Waals surface area contributed by atoms with Crippen LogP contribution < -0.4 is 0 Å². The molecule has 2 atom stereocenters. The fraction of sp³-hybridized carbons (Fsp3) is 0.269. The second-order valence-electron chi connectivity index (χ2n) is 7.82. The molecule has 5 heteroatoms. The van der Waals surface area contributed by atoms with E-state index in [2.05, 4.69) is 4.98 Å². The smallest absolute Gasteiger partial charge is 0.311 e. The van der Waals surface area contributed by atoms with Crippen molar-refractivity contribution in [3.63, 3.8) is 0 Å². The van der Waals surface area contributed by atoms with Crippen molar-refractivity contribution >= 4 is 11.9 Å². The van der Waals surface area contributed by atoms with Crippen LogP contribution in [-0.2, 0) is 20.7 Å². The molecule has 1 aliphatic heterocycles. The summed E-state index contributed by atoms with van der Waals surface area (Å²) in [6.45, 7) is 1.08. The first-order valence-electron chi connectivity index (χ1n) is 10.7. The summed E-state index contributed by atoms with van der Waals surface area (Å²) in [5.74, 6) is -0.562. The van der Waals surface area contributed by atoms with Gasteiger partial charge in [-0.1, -0.05) is 66.7 Å². The third kappa shape index (κ3) is 5.37. The van der Waals surface area contributed by atoms with Crippen LogP contribution in [0.2, 0.25) is 0 Å². The highest BCUT2D eigenvalue weighted by atomic mass is 16.5. The molecule has 158 valence electrons. The van der Waals surface area contributed by atoms with E-state index in [4.69, 9.17) is 4.74 Å². The van der Waals surface area contributed by atoms with Gasteiger partial charge in [0.05, 0.1) is 18.0 Å². The zero-order chi connectivity index (χ0) is 21.5. The lowest BCUT2D eigenvalue weighted by atomic mass is 9.97. The van der Waals surface area contributed by atoms with Gasteiger partial charge in [0.25, 0.3) is 0 Å². The second-order valence-corrected chi connectivity index (χ2v) is 7.82. The third-order valence-corrected chi connectivity index (χ3v) is 5.60. The minimum Gasteiger partial charge on any atom is -0.451 e. The highest BCUT2D eigenvalue weighted by molar-refractivity contribution is 5.80. The number of benzene rings is 2. The van der Waals surface area contributed by atoms with Crippen molar-refractivity contribution in [3.8, 4) is 0 Å². The summed E-state index contributed by atoms with van der Waals surface area (Å²) in [5.41, 5.74) is 2.55.